The van der Waals surface area contributed by atoms with Crippen molar-refractivity contribution in [3.8, 4) is 0 Å². The molecule has 0 aliphatic carbocycles. The van der Waals surface area contributed by atoms with Crippen LogP contribution in [0.3, 0.4) is 0 Å². The highest BCUT2D eigenvalue weighted by molar-refractivity contribution is 6.52. The summed E-state index contributed by atoms with van der Waals surface area (Å²) < 4.78 is 0. The van der Waals surface area contributed by atoms with Gasteiger partial charge in [-0.3, -0.25) is 0 Å². The van der Waals surface area contributed by atoms with Crippen LogP contribution in [0.1, 0.15) is 19.3 Å². The standard InChI is InChI=1S/C7H16BN/c1-8(2)9-6-4-3-5-7-9/h3-7H2,1-2H3. The van der Waals surface area contributed by atoms with Gasteiger partial charge < -0.3 is 4.81 Å². The number of rotatable bonds is 1. The van der Waals surface area contributed by atoms with Crippen molar-refractivity contribution in [3.63, 3.8) is 0 Å². The van der Waals surface area contributed by atoms with Crippen molar-refractivity contribution in [2.24, 2.45) is 0 Å². The summed E-state index contributed by atoms with van der Waals surface area (Å²) in [6.07, 6.45) is 4.28. The van der Waals surface area contributed by atoms with Gasteiger partial charge in [0.05, 0.1) is 0 Å². The van der Waals surface area contributed by atoms with E-state index in [1.807, 2.05) is 0 Å². The van der Waals surface area contributed by atoms with E-state index in [9.17, 15) is 0 Å². The van der Waals surface area contributed by atoms with Crippen molar-refractivity contribution < 1.29 is 0 Å². The molecule has 0 radical (unpaired) electrons. The van der Waals surface area contributed by atoms with E-state index in [2.05, 4.69) is 18.5 Å². The fraction of sp³-hybridized carbons (Fsp3) is 1.00. The number of hydrogen-bond donors (Lipinski definition) is 0. The van der Waals surface area contributed by atoms with Crippen molar-refractivity contribution in [2.75, 3.05) is 13.1 Å². The van der Waals surface area contributed by atoms with Gasteiger partial charge in [-0.25, -0.2) is 0 Å². The van der Waals surface area contributed by atoms with Gasteiger partial charge in [0.2, 0.25) is 6.85 Å². The number of nitrogens with zero attached hydrogens (tertiary/aromatic N) is 1. The van der Waals surface area contributed by atoms with Crippen LogP contribution in [0.15, 0.2) is 0 Å². The second kappa shape index (κ2) is 3.26. The summed E-state index contributed by atoms with van der Waals surface area (Å²) in [4.78, 5) is 2.56. The molecule has 1 aliphatic heterocycles. The second-order valence-corrected chi connectivity index (χ2v) is 3.19. The van der Waals surface area contributed by atoms with Gasteiger partial charge in [0, 0.05) is 0 Å². The number of piperidine rings is 1. The molecule has 0 spiro atoms. The van der Waals surface area contributed by atoms with Crippen molar-refractivity contribution in [1.29, 1.82) is 0 Å². The zero-order valence-corrected chi connectivity index (χ0v) is 6.56. The predicted octanol–water partition coefficient (Wildman–Crippen LogP) is 1.72. The molecule has 0 amide bonds. The Morgan fingerprint density at radius 3 is 1.89 bits per heavy atom. The molecule has 0 saturated carbocycles. The summed E-state index contributed by atoms with van der Waals surface area (Å²) in [5, 5.41) is 0. The largest absolute Gasteiger partial charge is 0.342 e. The molecule has 0 bridgehead atoms. The van der Waals surface area contributed by atoms with Crippen molar-refractivity contribution >= 4 is 6.85 Å². The summed E-state index contributed by atoms with van der Waals surface area (Å²) in [6.45, 7) is 8.00. The molecule has 9 heavy (non-hydrogen) atoms. The van der Waals surface area contributed by atoms with Gasteiger partial charge in [0.25, 0.3) is 0 Å². The van der Waals surface area contributed by atoms with E-state index in [1.54, 1.807) is 0 Å². The maximum Gasteiger partial charge on any atom is 0.216 e. The SMILES string of the molecule is CB(C)N1CCCCC1. The molecule has 2 heteroatoms. The molecule has 1 rings (SSSR count). The molecule has 52 valence electrons. The van der Waals surface area contributed by atoms with E-state index in [0.717, 1.165) is 6.85 Å². The van der Waals surface area contributed by atoms with E-state index >= 15 is 0 Å². The molecule has 1 aliphatic rings. The molecule has 0 atom stereocenters. The lowest BCUT2D eigenvalue weighted by atomic mass is 9.65. The van der Waals surface area contributed by atoms with Gasteiger partial charge in [0.1, 0.15) is 0 Å². The molecule has 1 fully saturated rings. The summed E-state index contributed by atoms with van der Waals surface area (Å²) in [7, 11) is 0. The maximum atomic E-state index is 2.56. The minimum absolute atomic E-state index is 0.769. The van der Waals surface area contributed by atoms with Crippen molar-refractivity contribution in [3.05, 3.63) is 0 Å². The van der Waals surface area contributed by atoms with Crippen LogP contribution in [0.4, 0.5) is 0 Å². The minimum Gasteiger partial charge on any atom is -0.342 e. The highest BCUT2D eigenvalue weighted by Crippen LogP contribution is 2.09. The molecule has 0 aromatic rings. The van der Waals surface area contributed by atoms with Crippen LogP contribution in [0.2, 0.25) is 13.6 Å². The Hall–Kier alpha value is 0.0249. The summed E-state index contributed by atoms with van der Waals surface area (Å²) >= 11 is 0. The normalized spacial score (nSPS) is 22.0. The first-order valence-electron chi connectivity index (χ1n) is 4.05. The van der Waals surface area contributed by atoms with Crippen LogP contribution in [0, 0.1) is 0 Å². The zero-order chi connectivity index (χ0) is 6.69. The van der Waals surface area contributed by atoms with E-state index in [-0.39, 0.29) is 0 Å². The number of hydrogen-bond acceptors (Lipinski definition) is 1. The topological polar surface area (TPSA) is 3.24 Å². The average molecular weight is 125 g/mol. The van der Waals surface area contributed by atoms with Crippen LogP contribution in [-0.2, 0) is 0 Å². The maximum absolute atomic E-state index is 2.56. The quantitative estimate of drug-likeness (QED) is 0.482. The third-order valence-electron chi connectivity index (χ3n) is 2.12. The van der Waals surface area contributed by atoms with Crippen LogP contribution in [-0.4, -0.2) is 24.7 Å². The molecule has 1 heterocycles. The molecule has 0 aromatic heterocycles. The molecular weight excluding hydrogens is 109 g/mol. The van der Waals surface area contributed by atoms with Crippen molar-refractivity contribution in [1.82, 2.24) is 4.81 Å². The lowest BCUT2D eigenvalue weighted by Crippen LogP contribution is -2.38. The minimum atomic E-state index is 0.769. The Labute approximate surface area is 58.5 Å². The highest BCUT2D eigenvalue weighted by atomic mass is 15.1. The van der Waals surface area contributed by atoms with Gasteiger partial charge in [-0.05, 0) is 25.9 Å². The van der Waals surface area contributed by atoms with E-state index < -0.39 is 0 Å². The Balaban J connectivity index is 2.23. The van der Waals surface area contributed by atoms with Crippen LogP contribution < -0.4 is 0 Å². The smallest absolute Gasteiger partial charge is 0.216 e. The van der Waals surface area contributed by atoms with Crippen molar-refractivity contribution in [2.45, 2.75) is 32.9 Å². The molecule has 1 nitrogen and oxygen atoms in total. The molecule has 0 aromatic carbocycles. The second-order valence-electron chi connectivity index (χ2n) is 3.19. The van der Waals surface area contributed by atoms with Gasteiger partial charge in [-0.1, -0.05) is 20.1 Å². The highest BCUT2D eigenvalue weighted by Gasteiger charge is 2.14. The zero-order valence-electron chi connectivity index (χ0n) is 6.56. The predicted molar refractivity (Wildman–Crippen MR) is 42.9 cm³/mol. The van der Waals surface area contributed by atoms with E-state index in [1.165, 1.54) is 32.4 Å². The first-order valence-corrected chi connectivity index (χ1v) is 4.05. The first kappa shape index (κ1) is 7.14. The monoisotopic (exact) mass is 125 g/mol. The Bertz CT molecular complexity index is 77.0. The lowest BCUT2D eigenvalue weighted by Gasteiger charge is -2.28. The van der Waals surface area contributed by atoms with Gasteiger partial charge in [-0.15, -0.1) is 0 Å². The van der Waals surface area contributed by atoms with Gasteiger partial charge >= 0.3 is 0 Å². The average Bonchev–Trinajstić information content (AvgIpc) is 1.90. The van der Waals surface area contributed by atoms with E-state index in [4.69, 9.17) is 0 Å². The van der Waals surface area contributed by atoms with Gasteiger partial charge in [0.15, 0.2) is 0 Å². The third-order valence-corrected chi connectivity index (χ3v) is 2.12. The molecular formula is C7H16BN. The molecule has 1 saturated heterocycles. The lowest BCUT2D eigenvalue weighted by molar-refractivity contribution is 0.354. The summed E-state index contributed by atoms with van der Waals surface area (Å²) in [5.74, 6) is 0. The molecule has 0 N–H and O–H groups in total. The Morgan fingerprint density at radius 2 is 1.56 bits per heavy atom. The van der Waals surface area contributed by atoms with Crippen LogP contribution in [0.5, 0.6) is 0 Å². The first-order chi connectivity index (χ1) is 4.30. The fourth-order valence-electron chi connectivity index (χ4n) is 1.43. The Morgan fingerprint density at radius 1 is 1.00 bits per heavy atom. The van der Waals surface area contributed by atoms with Crippen LogP contribution >= 0.6 is 0 Å². The molecule has 0 unspecified atom stereocenters. The van der Waals surface area contributed by atoms with E-state index in [0.29, 0.717) is 0 Å². The summed E-state index contributed by atoms with van der Waals surface area (Å²) in [5.41, 5.74) is 0. The third kappa shape index (κ3) is 2.01. The van der Waals surface area contributed by atoms with Gasteiger partial charge in [-0.2, -0.15) is 0 Å². The fourth-order valence-corrected chi connectivity index (χ4v) is 1.43. The summed E-state index contributed by atoms with van der Waals surface area (Å²) in [6, 6.07) is 0. The van der Waals surface area contributed by atoms with Crippen LogP contribution in [0.25, 0.3) is 0 Å². The Kier molecular flexibility index (Phi) is 2.58.